The molecule has 4 amide bonds. The first kappa shape index (κ1) is 34.5. The average molecular weight is 620 g/mol. The van der Waals surface area contributed by atoms with Crippen molar-refractivity contribution >= 4 is 32.3 Å². The molecular formula is C31H49N3O8Si. The molecule has 0 spiro atoms. The molecule has 3 saturated heterocycles. The molecule has 3 fully saturated rings. The summed E-state index contributed by atoms with van der Waals surface area (Å²) in [7, 11) is -0.578. The van der Waals surface area contributed by atoms with Gasteiger partial charge in [-0.3, -0.25) is 9.63 Å². The number of carbonyl (C=O) groups excluding carboxylic acids is 4. The van der Waals surface area contributed by atoms with Gasteiger partial charge in [-0.25, -0.2) is 19.3 Å². The normalized spacial score (nSPS) is 22.3. The first-order chi connectivity index (χ1) is 19.9. The molecule has 0 saturated carbocycles. The van der Waals surface area contributed by atoms with Crippen LogP contribution in [0, 0.1) is 0 Å². The third-order valence-electron chi connectivity index (χ3n) is 8.38. The van der Waals surface area contributed by atoms with Crippen LogP contribution in [0.4, 0.5) is 9.59 Å². The van der Waals surface area contributed by atoms with Gasteiger partial charge in [0, 0.05) is 13.0 Å². The van der Waals surface area contributed by atoms with Crippen molar-refractivity contribution in [2.45, 2.75) is 116 Å². The van der Waals surface area contributed by atoms with Crippen LogP contribution in [0.5, 0.6) is 0 Å². The molecular weight excluding hydrogens is 570 g/mol. The number of carbonyl (C=O) groups is 4. The Bertz CT molecular complexity index is 1150. The molecule has 0 unspecified atom stereocenters. The van der Waals surface area contributed by atoms with Crippen LogP contribution in [-0.2, 0) is 34.9 Å². The van der Waals surface area contributed by atoms with E-state index in [1.165, 1.54) is 7.11 Å². The second-order valence-corrected chi connectivity index (χ2v) is 18.6. The predicted molar refractivity (Wildman–Crippen MR) is 163 cm³/mol. The Morgan fingerprint density at radius 2 is 1.63 bits per heavy atom. The maximum absolute atomic E-state index is 12.8. The molecule has 0 aromatic heterocycles. The van der Waals surface area contributed by atoms with Gasteiger partial charge in [0.1, 0.15) is 18.2 Å². The molecule has 43 heavy (non-hydrogen) atoms. The first-order valence-electron chi connectivity index (χ1n) is 15.0. The number of methoxy groups -OCH3 is 1. The fourth-order valence-corrected chi connectivity index (χ4v) is 5.91. The second kappa shape index (κ2) is 13.8. The lowest BCUT2D eigenvalue weighted by molar-refractivity contribution is -0.148. The van der Waals surface area contributed by atoms with E-state index >= 15 is 0 Å². The smallest absolute Gasteiger partial charge is 0.417 e. The Balaban J connectivity index is 0.000000259. The summed E-state index contributed by atoms with van der Waals surface area (Å²) in [6.45, 7) is 18.2. The zero-order valence-corrected chi connectivity index (χ0v) is 28.2. The van der Waals surface area contributed by atoms with Crippen molar-refractivity contribution in [2.24, 2.45) is 0 Å². The van der Waals surface area contributed by atoms with Crippen LogP contribution in [0.3, 0.4) is 0 Å². The lowest BCUT2D eigenvalue weighted by Gasteiger charge is -2.39. The second-order valence-electron chi connectivity index (χ2n) is 13.8. The molecule has 1 aromatic carbocycles. The SMILES string of the molecule is CC(C)(C)[Si](C)(C)OC[C@H]1CC[C@H]2CN1C(=O)N2OCc1ccccc1.COC(=O)[C@H]1CCC(=O)N1C(=O)OC(C)(C)C. The number of amides is 4. The minimum absolute atomic E-state index is 0.00716. The number of esters is 1. The van der Waals surface area contributed by atoms with Crippen molar-refractivity contribution in [2.75, 3.05) is 20.3 Å². The van der Waals surface area contributed by atoms with Crippen LogP contribution < -0.4 is 0 Å². The number of urea groups is 1. The van der Waals surface area contributed by atoms with Gasteiger partial charge < -0.3 is 18.8 Å². The van der Waals surface area contributed by atoms with Crippen molar-refractivity contribution in [3.05, 3.63) is 35.9 Å². The van der Waals surface area contributed by atoms with Gasteiger partial charge in [0.15, 0.2) is 8.32 Å². The Labute approximate surface area is 256 Å². The molecule has 240 valence electrons. The van der Waals surface area contributed by atoms with Crippen LogP contribution in [-0.4, -0.2) is 91.2 Å². The van der Waals surface area contributed by atoms with Crippen LogP contribution in [0.15, 0.2) is 30.3 Å². The Hall–Kier alpha value is -2.96. The molecule has 0 radical (unpaired) electrons. The van der Waals surface area contributed by atoms with E-state index in [-0.39, 0.29) is 36.0 Å². The van der Waals surface area contributed by atoms with Crippen LogP contribution in [0.25, 0.3) is 0 Å². The third-order valence-corrected chi connectivity index (χ3v) is 12.9. The number of ether oxygens (including phenoxy) is 2. The van der Waals surface area contributed by atoms with Gasteiger partial charge in [-0.1, -0.05) is 51.1 Å². The quantitative estimate of drug-likeness (QED) is 0.291. The minimum Gasteiger partial charge on any atom is -0.467 e. The van der Waals surface area contributed by atoms with Crippen molar-refractivity contribution in [1.82, 2.24) is 14.9 Å². The summed E-state index contributed by atoms with van der Waals surface area (Å²) < 4.78 is 16.0. The molecule has 2 bridgehead atoms. The van der Waals surface area contributed by atoms with E-state index in [0.717, 1.165) is 29.8 Å². The number of fused-ring (bicyclic) bond motifs is 2. The zero-order valence-electron chi connectivity index (χ0n) is 27.2. The van der Waals surface area contributed by atoms with Crippen LogP contribution >= 0.6 is 0 Å². The summed E-state index contributed by atoms with van der Waals surface area (Å²) in [5, 5.41) is 1.78. The van der Waals surface area contributed by atoms with Gasteiger partial charge >= 0.3 is 18.1 Å². The fraction of sp³-hybridized carbons (Fsp3) is 0.677. The fourth-order valence-electron chi connectivity index (χ4n) is 4.87. The number of hydrogen-bond donors (Lipinski definition) is 0. The highest BCUT2D eigenvalue weighted by atomic mass is 28.4. The summed E-state index contributed by atoms with van der Waals surface area (Å²) >= 11 is 0. The predicted octanol–water partition coefficient (Wildman–Crippen LogP) is 5.49. The third kappa shape index (κ3) is 8.79. The standard InChI is InChI=1S/C20H32N2O3Si.C11H17NO5/c1-20(2,3)26(4,5)25-15-18-12-11-17-13-21(18)19(23)22(17)24-14-16-9-7-6-8-10-16;1-11(2,3)17-10(15)12-7(9(14)16-4)5-6-8(12)13/h6-10,17-18H,11-15H2,1-5H3;7H,5-6H2,1-4H3/t17-,18+;7-/m01/s1. The van der Waals surface area contributed by atoms with E-state index in [1.54, 1.807) is 25.8 Å². The van der Waals surface area contributed by atoms with Gasteiger partial charge in [0.05, 0.1) is 25.8 Å². The van der Waals surface area contributed by atoms with Crippen molar-refractivity contribution in [3.63, 3.8) is 0 Å². The van der Waals surface area contributed by atoms with Gasteiger partial charge in [-0.05, 0) is 63.7 Å². The Kier molecular flexibility index (Phi) is 11.1. The highest BCUT2D eigenvalue weighted by Crippen LogP contribution is 2.38. The van der Waals surface area contributed by atoms with Gasteiger partial charge in [0.25, 0.3) is 0 Å². The van der Waals surface area contributed by atoms with Crippen molar-refractivity contribution in [1.29, 1.82) is 0 Å². The highest BCUT2D eigenvalue weighted by Gasteiger charge is 2.47. The molecule has 0 aliphatic carbocycles. The maximum atomic E-state index is 12.8. The van der Waals surface area contributed by atoms with E-state index in [2.05, 4.69) is 38.6 Å². The Morgan fingerprint density at radius 3 is 2.21 bits per heavy atom. The number of piperidine rings is 1. The van der Waals surface area contributed by atoms with E-state index < -0.39 is 37.9 Å². The van der Waals surface area contributed by atoms with Crippen LogP contribution in [0.1, 0.15) is 72.8 Å². The molecule has 3 aliphatic rings. The maximum Gasteiger partial charge on any atom is 0.417 e. The molecule has 3 heterocycles. The number of hydrogen-bond acceptors (Lipinski definition) is 8. The topological polar surface area (TPSA) is 115 Å². The number of rotatable bonds is 7. The molecule has 1 aromatic rings. The number of likely N-dealkylation sites (tertiary alicyclic amines) is 1. The molecule has 12 heteroatoms. The Morgan fingerprint density at radius 1 is 0.977 bits per heavy atom. The average Bonchev–Trinajstić information content (AvgIpc) is 3.43. The van der Waals surface area contributed by atoms with Crippen LogP contribution in [0.2, 0.25) is 18.1 Å². The molecule has 11 nitrogen and oxygen atoms in total. The molecule has 0 N–H and O–H groups in total. The van der Waals surface area contributed by atoms with Gasteiger partial charge in [-0.2, -0.15) is 5.06 Å². The van der Waals surface area contributed by atoms with E-state index in [1.807, 2.05) is 35.2 Å². The lowest BCUT2D eigenvalue weighted by Crippen LogP contribution is -2.48. The number of benzene rings is 1. The summed E-state index contributed by atoms with van der Waals surface area (Å²) in [5.41, 5.74) is 0.371. The largest absolute Gasteiger partial charge is 0.467 e. The molecule has 3 aliphatic heterocycles. The highest BCUT2D eigenvalue weighted by molar-refractivity contribution is 6.74. The number of hydroxylamine groups is 2. The monoisotopic (exact) mass is 619 g/mol. The van der Waals surface area contributed by atoms with Gasteiger partial charge in [-0.15, -0.1) is 0 Å². The number of imide groups is 1. The summed E-state index contributed by atoms with van der Waals surface area (Å²) in [4.78, 5) is 56.2. The lowest BCUT2D eigenvalue weighted by atomic mass is 10.0. The first-order valence-corrected chi connectivity index (χ1v) is 17.9. The van der Waals surface area contributed by atoms with Crippen molar-refractivity contribution < 1.29 is 37.9 Å². The zero-order chi connectivity index (χ0) is 32.2. The molecule has 4 rings (SSSR count). The minimum atomic E-state index is -1.80. The summed E-state index contributed by atoms with van der Waals surface area (Å²) in [6, 6.07) is 9.45. The summed E-state index contributed by atoms with van der Waals surface area (Å²) in [5.74, 6) is -1.00. The van der Waals surface area contributed by atoms with Gasteiger partial charge in [0.2, 0.25) is 5.91 Å². The van der Waals surface area contributed by atoms with E-state index in [0.29, 0.717) is 13.2 Å². The van der Waals surface area contributed by atoms with E-state index in [4.69, 9.17) is 14.0 Å². The van der Waals surface area contributed by atoms with E-state index in [9.17, 15) is 19.2 Å². The molecule has 3 atom stereocenters. The summed E-state index contributed by atoms with van der Waals surface area (Å²) in [6.07, 6.45) is 1.60. The van der Waals surface area contributed by atoms with Crippen molar-refractivity contribution in [3.8, 4) is 0 Å². The number of nitrogens with zero attached hydrogens (tertiary/aromatic N) is 3.